The van der Waals surface area contributed by atoms with Crippen molar-refractivity contribution < 1.29 is 9.90 Å². The van der Waals surface area contributed by atoms with Gasteiger partial charge in [-0.1, -0.05) is 15.9 Å². The third-order valence-corrected chi connectivity index (χ3v) is 4.50. The van der Waals surface area contributed by atoms with Crippen LogP contribution in [0.4, 0.5) is 5.69 Å². The molecule has 0 atom stereocenters. The Kier molecular flexibility index (Phi) is 2.20. The lowest BCUT2D eigenvalue weighted by molar-refractivity contribution is -0.248. The van der Waals surface area contributed by atoms with E-state index in [2.05, 4.69) is 15.9 Å². The fraction of sp³-hybridized carbons (Fsp3) is 0.462. The van der Waals surface area contributed by atoms with Gasteiger partial charge in [-0.2, -0.15) is 0 Å². The molecule has 2 bridgehead atoms. The van der Waals surface area contributed by atoms with Crippen LogP contribution in [0.25, 0.3) is 0 Å². The smallest absolute Gasteiger partial charge is 0.233 e. The fourth-order valence-electron chi connectivity index (χ4n) is 3.10. The van der Waals surface area contributed by atoms with Gasteiger partial charge in [0.05, 0.1) is 11.0 Å². The summed E-state index contributed by atoms with van der Waals surface area (Å²) in [7, 11) is 1.80. The largest absolute Gasteiger partial charge is 0.390 e. The average molecular weight is 296 g/mol. The summed E-state index contributed by atoms with van der Waals surface area (Å²) in [5.41, 5.74) is 0.113. The molecule has 3 aliphatic rings. The molecule has 0 aromatic heterocycles. The first kappa shape index (κ1) is 11.2. The molecule has 1 aromatic carbocycles. The van der Waals surface area contributed by atoms with Gasteiger partial charge in [-0.15, -0.1) is 0 Å². The molecule has 90 valence electrons. The first-order valence-electron chi connectivity index (χ1n) is 5.70. The predicted molar refractivity (Wildman–Crippen MR) is 68.8 cm³/mol. The van der Waals surface area contributed by atoms with E-state index in [1.165, 1.54) is 0 Å². The van der Waals surface area contributed by atoms with Crippen molar-refractivity contribution in [1.29, 1.82) is 0 Å². The zero-order chi connectivity index (χ0) is 12.3. The van der Waals surface area contributed by atoms with Crippen LogP contribution in [-0.2, 0) is 4.79 Å². The van der Waals surface area contributed by atoms with E-state index in [-0.39, 0.29) is 11.3 Å². The zero-order valence-corrected chi connectivity index (χ0v) is 11.2. The first-order chi connectivity index (χ1) is 7.94. The lowest BCUT2D eigenvalue weighted by Gasteiger charge is -2.66. The van der Waals surface area contributed by atoms with Crippen molar-refractivity contribution in [2.24, 2.45) is 5.41 Å². The van der Waals surface area contributed by atoms with Crippen LogP contribution in [0.3, 0.4) is 0 Å². The van der Waals surface area contributed by atoms with E-state index in [0.717, 1.165) is 10.2 Å². The Morgan fingerprint density at radius 3 is 2.29 bits per heavy atom. The maximum atomic E-state index is 12.3. The normalized spacial score (nSPS) is 33.6. The van der Waals surface area contributed by atoms with Crippen molar-refractivity contribution in [3.8, 4) is 0 Å². The second-order valence-corrected chi connectivity index (χ2v) is 6.29. The molecule has 1 aromatic rings. The van der Waals surface area contributed by atoms with Gasteiger partial charge in [0, 0.05) is 17.2 Å². The van der Waals surface area contributed by atoms with E-state index in [1.807, 2.05) is 24.3 Å². The number of halogens is 1. The number of nitrogens with zero attached hydrogens (tertiary/aromatic N) is 1. The second kappa shape index (κ2) is 3.33. The monoisotopic (exact) mass is 295 g/mol. The summed E-state index contributed by atoms with van der Waals surface area (Å²) < 4.78 is 1.00. The summed E-state index contributed by atoms with van der Waals surface area (Å²) in [6.07, 6.45) is 1.92. The van der Waals surface area contributed by atoms with E-state index < -0.39 is 5.60 Å². The molecule has 3 saturated carbocycles. The molecule has 0 radical (unpaired) electrons. The Labute approximate surface area is 109 Å². The standard InChI is InChI=1S/C13H14BrNO2/c1-15(10-4-2-9(14)3-5-10)11(16)12-6-13(17,7-12)8-12/h2-5,17H,6-8H2,1H3. The minimum absolute atomic E-state index is 0.135. The average Bonchev–Trinajstić information content (AvgIpc) is 2.23. The molecular weight excluding hydrogens is 282 g/mol. The summed E-state index contributed by atoms with van der Waals surface area (Å²) in [5.74, 6) is 0.135. The summed E-state index contributed by atoms with van der Waals surface area (Å²) in [4.78, 5) is 14.0. The summed E-state index contributed by atoms with van der Waals surface area (Å²) in [6.45, 7) is 0. The van der Waals surface area contributed by atoms with E-state index in [0.29, 0.717) is 19.3 Å². The first-order valence-corrected chi connectivity index (χ1v) is 6.50. The molecule has 1 amide bonds. The molecular formula is C13H14BrNO2. The molecule has 0 unspecified atom stereocenters. The number of carbonyl (C=O) groups is 1. The highest BCUT2D eigenvalue weighted by atomic mass is 79.9. The van der Waals surface area contributed by atoms with Gasteiger partial charge in [0.15, 0.2) is 0 Å². The summed E-state index contributed by atoms with van der Waals surface area (Å²) in [5, 5.41) is 9.71. The van der Waals surface area contributed by atoms with Crippen LogP contribution in [-0.4, -0.2) is 23.7 Å². The van der Waals surface area contributed by atoms with Crippen LogP contribution >= 0.6 is 15.9 Å². The zero-order valence-electron chi connectivity index (χ0n) is 9.61. The molecule has 0 spiro atoms. The number of hydrogen-bond acceptors (Lipinski definition) is 2. The highest BCUT2D eigenvalue weighted by Crippen LogP contribution is 2.67. The van der Waals surface area contributed by atoms with Crippen molar-refractivity contribution in [3.05, 3.63) is 28.7 Å². The maximum absolute atomic E-state index is 12.3. The van der Waals surface area contributed by atoms with Crippen LogP contribution in [0.5, 0.6) is 0 Å². The van der Waals surface area contributed by atoms with E-state index in [9.17, 15) is 9.90 Å². The van der Waals surface area contributed by atoms with Gasteiger partial charge in [-0.3, -0.25) is 4.79 Å². The molecule has 0 heterocycles. The molecule has 4 rings (SSSR count). The Balaban J connectivity index is 1.77. The molecule has 3 nitrogen and oxygen atoms in total. The molecule has 4 heteroatoms. The number of benzene rings is 1. The minimum atomic E-state index is -0.518. The Morgan fingerprint density at radius 2 is 1.82 bits per heavy atom. The quantitative estimate of drug-likeness (QED) is 0.910. The van der Waals surface area contributed by atoms with Crippen LogP contribution in [0.1, 0.15) is 19.3 Å². The number of amides is 1. The van der Waals surface area contributed by atoms with Gasteiger partial charge in [0.1, 0.15) is 0 Å². The summed E-state index contributed by atoms with van der Waals surface area (Å²) >= 11 is 3.37. The van der Waals surface area contributed by atoms with E-state index >= 15 is 0 Å². The number of carbonyl (C=O) groups excluding carboxylic acids is 1. The Morgan fingerprint density at radius 1 is 1.29 bits per heavy atom. The van der Waals surface area contributed by atoms with Crippen LogP contribution < -0.4 is 4.90 Å². The highest BCUT2D eigenvalue weighted by Gasteiger charge is 2.71. The molecule has 0 saturated heterocycles. The van der Waals surface area contributed by atoms with Crippen LogP contribution in [0.15, 0.2) is 28.7 Å². The maximum Gasteiger partial charge on any atom is 0.233 e. The lowest BCUT2D eigenvalue weighted by atomic mass is 9.41. The minimum Gasteiger partial charge on any atom is -0.390 e. The topological polar surface area (TPSA) is 40.5 Å². The van der Waals surface area contributed by atoms with Crippen molar-refractivity contribution in [2.75, 3.05) is 11.9 Å². The number of anilines is 1. The lowest BCUT2D eigenvalue weighted by Crippen LogP contribution is -2.72. The highest BCUT2D eigenvalue weighted by molar-refractivity contribution is 9.10. The van der Waals surface area contributed by atoms with E-state index in [1.54, 1.807) is 11.9 Å². The SMILES string of the molecule is CN(C(=O)C12CC(O)(C1)C2)c1ccc(Br)cc1. The third kappa shape index (κ3) is 1.54. The fourth-order valence-corrected chi connectivity index (χ4v) is 3.36. The Bertz CT molecular complexity index is 463. The molecule has 3 fully saturated rings. The number of aliphatic hydroxyl groups is 1. The van der Waals surface area contributed by atoms with Gasteiger partial charge in [0.25, 0.3) is 0 Å². The Hall–Kier alpha value is -0.870. The van der Waals surface area contributed by atoms with Gasteiger partial charge < -0.3 is 10.0 Å². The molecule has 17 heavy (non-hydrogen) atoms. The van der Waals surface area contributed by atoms with Gasteiger partial charge in [-0.25, -0.2) is 0 Å². The van der Waals surface area contributed by atoms with Crippen LogP contribution in [0.2, 0.25) is 0 Å². The number of hydrogen-bond donors (Lipinski definition) is 1. The summed E-state index contributed by atoms with van der Waals surface area (Å²) in [6, 6.07) is 7.69. The van der Waals surface area contributed by atoms with Crippen molar-refractivity contribution in [3.63, 3.8) is 0 Å². The number of rotatable bonds is 2. The second-order valence-electron chi connectivity index (χ2n) is 5.38. The van der Waals surface area contributed by atoms with Crippen molar-refractivity contribution in [2.45, 2.75) is 24.9 Å². The van der Waals surface area contributed by atoms with E-state index in [4.69, 9.17) is 0 Å². The van der Waals surface area contributed by atoms with Gasteiger partial charge in [-0.05, 0) is 43.5 Å². The molecule has 0 aliphatic heterocycles. The van der Waals surface area contributed by atoms with Gasteiger partial charge in [0.2, 0.25) is 5.91 Å². The van der Waals surface area contributed by atoms with Crippen molar-refractivity contribution >= 4 is 27.5 Å². The van der Waals surface area contributed by atoms with Crippen LogP contribution in [0, 0.1) is 5.41 Å². The molecule has 1 N–H and O–H groups in total. The van der Waals surface area contributed by atoms with Crippen molar-refractivity contribution in [1.82, 2.24) is 0 Å². The van der Waals surface area contributed by atoms with Gasteiger partial charge >= 0.3 is 0 Å². The third-order valence-electron chi connectivity index (χ3n) is 3.97. The predicted octanol–water partition coefficient (Wildman–Crippen LogP) is 2.33. The molecule has 3 aliphatic carbocycles.